The van der Waals surface area contributed by atoms with E-state index in [4.69, 9.17) is 13.6 Å². The summed E-state index contributed by atoms with van der Waals surface area (Å²) in [4.78, 5) is 11.5. The van der Waals surface area contributed by atoms with Gasteiger partial charge in [-0.15, -0.1) is 0 Å². The van der Waals surface area contributed by atoms with Crippen molar-refractivity contribution in [3.63, 3.8) is 0 Å². The molecule has 0 saturated carbocycles. The molecule has 4 aromatic rings. The standard InChI is InChI=1S/C19H14O4/c1-11-6-19(20)23-18-9-17-15(8-14(11)18)16(10-22-17)12-4-3-5-13(7-12)21-2/h3-10H,1-2H3. The fraction of sp³-hybridized carbons (Fsp3) is 0.105. The van der Waals surface area contributed by atoms with Crippen molar-refractivity contribution in [2.75, 3.05) is 7.11 Å². The summed E-state index contributed by atoms with van der Waals surface area (Å²) < 4.78 is 16.2. The number of methoxy groups -OCH3 is 1. The normalized spacial score (nSPS) is 11.2. The maximum atomic E-state index is 11.5. The Bertz CT molecular complexity index is 1090. The number of hydrogen-bond acceptors (Lipinski definition) is 4. The molecule has 0 radical (unpaired) electrons. The highest BCUT2D eigenvalue weighted by molar-refractivity contribution is 6.02. The predicted molar refractivity (Wildman–Crippen MR) is 89.0 cm³/mol. The van der Waals surface area contributed by atoms with Crippen LogP contribution in [0.15, 0.2) is 62.4 Å². The maximum absolute atomic E-state index is 11.5. The largest absolute Gasteiger partial charge is 0.497 e. The number of ether oxygens (including phenoxy) is 1. The van der Waals surface area contributed by atoms with Crippen LogP contribution in [-0.2, 0) is 0 Å². The molecule has 2 heterocycles. The Balaban J connectivity index is 2.01. The molecule has 0 aliphatic heterocycles. The molecule has 2 aromatic heterocycles. The molecular formula is C19H14O4. The van der Waals surface area contributed by atoms with Gasteiger partial charge >= 0.3 is 5.63 Å². The van der Waals surface area contributed by atoms with E-state index in [9.17, 15) is 4.79 Å². The SMILES string of the molecule is COc1cccc(-c2coc3cc4oc(=O)cc(C)c4cc23)c1. The smallest absolute Gasteiger partial charge is 0.336 e. The minimum absolute atomic E-state index is 0.353. The van der Waals surface area contributed by atoms with Crippen molar-refractivity contribution in [1.29, 1.82) is 0 Å². The number of fused-ring (bicyclic) bond motifs is 2. The molecule has 0 aliphatic carbocycles. The zero-order valence-corrected chi connectivity index (χ0v) is 12.8. The van der Waals surface area contributed by atoms with Gasteiger partial charge in [-0.2, -0.15) is 0 Å². The van der Waals surface area contributed by atoms with Crippen molar-refractivity contribution in [3.05, 3.63) is 64.7 Å². The first-order valence-electron chi connectivity index (χ1n) is 7.26. The molecule has 114 valence electrons. The molecular weight excluding hydrogens is 292 g/mol. The Morgan fingerprint density at radius 1 is 1.00 bits per heavy atom. The monoisotopic (exact) mass is 306 g/mol. The van der Waals surface area contributed by atoms with Gasteiger partial charge in [0.1, 0.15) is 16.9 Å². The Hall–Kier alpha value is -3.01. The number of benzene rings is 2. The third-order valence-corrected chi connectivity index (χ3v) is 4.03. The minimum Gasteiger partial charge on any atom is -0.497 e. The van der Waals surface area contributed by atoms with Crippen LogP contribution in [0.25, 0.3) is 33.1 Å². The highest BCUT2D eigenvalue weighted by Gasteiger charge is 2.12. The molecule has 0 amide bonds. The number of hydrogen-bond donors (Lipinski definition) is 0. The quantitative estimate of drug-likeness (QED) is 0.511. The van der Waals surface area contributed by atoms with E-state index in [1.807, 2.05) is 37.3 Å². The molecule has 0 N–H and O–H groups in total. The zero-order valence-electron chi connectivity index (χ0n) is 12.8. The van der Waals surface area contributed by atoms with Gasteiger partial charge in [-0.05, 0) is 36.2 Å². The van der Waals surface area contributed by atoms with Gasteiger partial charge in [0, 0.05) is 28.5 Å². The van der Waals surface area contributed by atoms with E-state index >= 15 is 0 Å². The third-order valence-electron chi connectivity index (χ3n) is 4.03. The summed E-state index contributed by atoms with van der Waals surface area (Å²) in [6, 6.07) is 13.1. The van der Waals surface area contributed by atoms with Crippen LogP contribution in [0.5, 0.6) is 5.75 Å². The van der Waals surface area contributed by atoms with Crippen LogP contribution in [0.4, 0.5) is 0 Å². The van der Waals surface area contributed by atoms with Crippen molar-refractivity contribution in [1.82, 2.24) is 0 Å². The van der Waals surface area contributed by atoms with E-state index in [-0.39, 0.29) is 5.63 Å². The molecule has 0 spiro atoms. The van der Waals surface area contributed by atoms with Crippen LogP contribution in [0.3, 0.4) is 0 Å². The Kier molecular flexibility index (Phi) is 2.98. The fourth-order valence-electron chi connectivity index (χ4n) is 2.85. The van der Waals surface area contributed by atoms with Gasteiger partial charge < -0.3 is 13.6 Å². The highest BCUT2D eigenvalue weighted by atomic mass is 16.5. The van der Waals surface area contributed by atoms with Gasteiger partial charge in [0.05, 0.1) is 13.4 Å². The Labute approximate surface area is 131 Å². The van der Waals surface area contributed by atoms with Gasteiger partial charge in [0.15, 0.2) is 0 Å². The van der Waals surface area contributed by atoms with Gasteiger partial charge in [0.2, 0.25) is 0 Å². The van der Waals surface area contributed by atoms with Gasteiger partial charge in [-0.1, -0.05) is 12.1 Å². The molecule has 0 fully saturated rings. The van der Waals surface area contributed by atoms with E-state index in [2.05, 4.69) is 0 Å². The first kappa shape index (κ1) is 13.6. The lowest BCUT2D eigenvalue weighted by Gasteiger charge is -2.04. The van der Waals surface area contributed by atoms with Crippen LogP contribution in [0.2, 0.25) is 0 Å². The zero-order chi connectivity index (χ0) is 16.0. The molecule has 0 unspecified atom stereocenters. The fourth-order valence-corrected chi connectivity index (χ4v) is 2.85. The number of aryl methyl sites for hydroxylation is 1. The minimum atomic E-state index is -0.353. The second-order valence-electron chi connectivity index (χ2n) is 5.47. The van der Waals surface area contributed by atoms with Crippen LogP contribution in [-0.4, -0.2) is 7.11 Å². The van der Waals surface area contributed by atoms with E-state index in [1.54, 1.807) is 19.4 Å². The molecule has 0 bridgehead atoms. The molecule has 4 rings (SSSR count). The maximum Gasteiger partial charge on any atom is 0.336 e. The highest BCUT2D eigenvalue weighted by Crippen LogP contribution is 2.35. The molecule has 0 atom stereocenters. The average molecular weight is 306 g/mol. The molecule has 0 aliphatic rings. The van der Waals surface area contributed by atoms with Crippen molar-refractivity contribution in [2.24, 2.45) is 0 Å². The second kappa shape index (κ2) is 5.02. The Morgan fingerprint density at radius 2 is 1.87 bits per heavy atom. The second-order valence-corrected chi connectivity index (χ2v) is 5.47. The predicted octanol–water partition coefficient (Wildman–Crippen LogP) is 4.52. The molecule has 23 heavy (non-hydrogen) atoms. The van der Waals surface area contributed by atoms with E-state index in [0.29, 0.717) is 11.2 Å². The molecule has 2 aromatic carbocycles. The van der Waals surface area contributed by atoms with E-state index in [1.165, 1.54) is 6.07 Å². The van der Waals surface area contributed by atoms with E-state index in [0.717, 1.165) is 33.2 Å². The molecule has 4 heteroatoms. The molecule has 4 nitrogen and oxygen atoms in total. The van der Waals surface area contributed by atoms with Gasteiger partial charge in [-0.3, -0.25) is 0 Å². The summed E-state index contributed by atoms with van der Waals surface area (Å²) in [6.07, 6.45) is 1.71. The van der Waals surface area contributed by atoms with Crippen molar-refractivity contribution < 1.29 is 13.6 Å². The summed E-state index contributed by atoms with van der Waals surface area (Å²) in [5.41, 5.74) is 3.74. The summed E-state index contributed by atoms with van der Waals surface area (Å²) in [5.74, 6) is 0.791. The lowest BCUT2D eigenvalue weighted by molar-refractivity contribution is 0.415. The average Bonchev–Trinajstić information content (AvgIpc) is 2.96. The van der Waals surface area contributed by atoms with Crippen LogP contribution < -0.4 is 10.4 Å². The van der Waals surface area contributed by atoms with Crippen LogP contribution in [0, 0.1) is 6.92 Å². The Morgan fingerprint density at radius 3 is 2.70 bits per heavy atom. The van der Waals surface area contributed by atoms with Gasteiger partial charge in [-0.25, -0.2) is 4.79 Å². The summed E-state index contributed by atoms with van der Waals surface area (Å²) in [7, 11) is 1.64. The third kappa shape index (κ3) is 2.19. The number of rotatable bonds is 2. The van der Waals surface area contributed by atoms with Crippen molar-refractivity contribution in [2.45, 2.75) is 6.92 Å². The van der Waals surface area contributed by atoms with Crippen molar-refractivity contribution in [3.8, 4) is 16.9 Å². The lowest BCUT2D eigenvalue weighted by Crippen LogP contribution is -1.97. The molecule has 0 saturated heterocycles. The first-order valence-corrected chi connectivity index (χ1v) is 7.26. The topological polar surface area (TPSA) is 52.6 Å². The summed E-state index contributed by atoms with van der Waals surface area (Å²) >= 11 is 0. The lowest BCUT2D eigenvalue weighted by atomic mass is 10.0. The summed E-state index contributed by atoms with van der Waals surface area (Å²) in [5, 5.41) is 1.88. The summed E-state index contributed by atoms with van der Waals surface area (Å²) in [6.45, 7) is 1.90. The van der Waals surface area contributed by atoms with Crippen molar-refractivity contribution >= 4 is 21.9 Å². The van der Waals surface area contributed by atoms with Crippen LogP contribution in [0.1, 0.15) is 5.56 Å². The van der Waals surface area contributed by atoms with Gasteiger partial charge in [0.25, 0.3) is 0 Å². The first-order chi connectivity index (χ1) is 11.2. The van der Waals surface area contributed by atoms with E-state index < -0.39 is 0 Å². The number of furan rings is 1. The van der Waals surface area contributed by atoms with Crippen LogP contribution >= 0.6 is 0 Å².